The molecule has 0 aliphatic heterocycles. The van der Waals surface area contributed by atoms with Crippen molar-refractivity contribution in [1.82, 2.24) is 0 Å². The summed E-state index contributed by atoms with van der Waals surface area (Å²) in [7, 11) is 0. The molecule has 0 heterocycles. The lowest BCUT2D eigenvalue weighted by atomic mass is 10.2. The third-order valence-electron chi connectivity index (χ3n) is 2.08. The van der Waals surface area contributed by atoms with Gasteiger partial charge in [0, 0.05) is 4.47 Å². The minimum Gasteiger partial charge on any atom is -0.394 e. The molecule has 0 spiro atoms. The maximum absolute atomic E-state index is 13.3. The average Bonchev–Trinajstić information content (AvgIpc) is 2.20. The fourth-order valence-electron chi connectivity index (χ4n) is 1.11. The molecule has 0 fully saturated rings. The molecule has 0 saturated heterocycles. The van der Waals surface area contributed by atoms with Crippen LogP contribution in [0.4, 0.5) is 10.1 Å². The molecule has 1 aromatic carbocycles. The van der Waals surface area contributed by atoms with Crippen LogP contribution in [0.15, 0.2) is 22.7 Å². The van der Waals surface area contributed by atoms with Gasteiger partial charge in [-0.3, -0.25) is 0 Å². The highest BCUT2D eigenvalue weighted by molar-refractivity contribution is 9.10. The first-order valence-corrected chi connectivity index (χ1v) is 5.34. The van der Waals surface area contributed by atoms with Crippen LogP contribution in [0.2, 0.25) is 0 Å². The van der Waals surface area contributed by atoms with Gasteiger partial charge in [-0.15, -0.1) is 0 Å². The predicted octanol–water partition coefficient (Wildman–Crippen LogP) is 1.74. The third-order valence-corrected chi connectivity index (χ3v) is 2.57. The van der Waals surface area contributed by atoms with E-state index in [1.54, 1.807) is 19.1 Å². The van der Waals surface area contributed by atoms with E-state index in [0.29, 0.717) is 10.2 Å². The normalized spacial score (nSPS) is 14.7. The summed E-state index contributed by atoms with van der Waals surface area (Å²) < 4.78 is 14.0. The van der Waals surface area contributed by atoms with Gasteiger partial charge in [0.15, 0.2) is 0 Å². The van der Waals surface area contributed by atoms with Crippen molar-refractivity contribution < 1.29 is 14.6 Å². The minimum atomic E-state index is -0.909. The molecule has 15 heavy (non-hydrogen) atoms. The summed E-state index contributed by atoms with van der Waals surface area (Å²) in [5.41, 5.74) is 0.304. The molecule has 2 unspecified atom stereocenters. The molecule has 0 saturated carbocycles. The van der Waals surface area contributed by atoms with Gasteiger partial charge in [0.05, 0.1) is 24.4 Å². The average molecular weight is 278 g/mol. The molecule has 3 N–H and O–H groups in total. The summed E-state index contributed by atoms with van der Waals surface area (Å²) in [6.45, 7) is 1.31. The SMILES string of the molecule is CC(Nc1ccc(Br)cc1F)C(O)CO. The highest BCUT2D eigenvalue weighted by atomic mass is 79.9. The van der Waals surface area contributed by atoms with Gasteiger partial charge in [0.2, 0.25) is 0 Å². The molecule has 0 radical (unpaired) electrons. The molecule has 0 aromatic heterocycles. The fourth-order valence-corrected chi connectivity index (χ4v) is 1.44. The molecule has 5 heteroatoms. The van der Waals surface area contributed by atoms with Gasteiger partial charge in [-0.1, -0.05) is 15.9 Å². The zero-order valence-electron chi connectivity index (χ0n) is 8.24. The lowest BCUT2D eigenvalue weighted by Crippen LogP contribution is -2.33. The molecular formula is C10H13BrFNO2. The van der Waals surface area contributed by atoms with Crippen LogP contribution >= 0.6 is 15.9 Å². The van der Waals surface area contributed by atoms with Gasteiger partial charge >= 0.3 is 0 Å². The van der Waals surface area contributed by atoms with Crippen molar-refractivity contribution in [3.63, 3.8) is 0 Å². The molecule has 2 atom stereocenters. The standard InChI is InChI=1S/C10H13BrFNO2/c1-6(10(15)5-14)13-9-3-2-7(11)4-8(9)12/h2-4,6,10,13-15H,5H2,1H3. The highest BCUT2D eigenvalue weighted by Gasteiger charge is 2.14. The van der Waals surface area contributed by atoms with E-state index < -0.39 is 18.0 Å². The molecule has 3 nitrogen and oxygen atoms in total. The number of aliphatic hydroxyl groups is 2. The van der Waals surface area contributed by atoms with E-state index in [0.717, 1.165) is 0 Å². The first-order valence-electron chi connectivity index (χ1n) is 4.55. The van der Waals surface area contributed by atoms with Gasteiger partial charge < -0.3 is 15.5 Å². The number of aliphatic hydroxyl groups excluding tert-OH is 2. The first kappa shape index (κ1) is 12.4. The van der Waals surface area contributed by atoms with E-state index >= 15 is 0 Å². The van der Waals surface area contributed by atoms with Crippen LogP contribution in [0.1, 0.15) is 6.92 Å². The summed E-state index contributed by atoms with van der Waals surface area (Å²) in [4.78, 5) is 0. The van der Waals surface area contributed by atoms with Crippen molar-refractivity contribution in [3.8, 4) is 0 Å². The number of hydrogen-bond donors (Lipinski definition) is 3. The van der Waals surface area contributed by atoms with Crippen LogP contribution in [0, 0.1) is 5.82 Å². The van der Waals surface area contributed by atoms with Crippen molar-refractivity contribution >= 4 is 21.6 Å². The molecule has 0 bridgehead atoms. The molecule has 84 valence electrons. The number of anilines is 1. The van der Waals surface area contributed by atoms with Crippen LogP contribution in [0.5, 0.6) is 0 Å². The Bertz CT molecular complexity index is 335. The fraction of sp³-hybridized carbons (Fsp3) is 0.400. The maximum atomic E-state index is 13.3. The van der Waals surface area contributed by atoms with Crippen molar-refractivity contribution in [2.24, 2.45) is 0 Å². The quantitative estimate of drug-likeness (QED) is 0.786. The van der Waals surface area contributed by atoms with Crippen LogP contribution in [-0.2, 0) is 0 Å². The largest absolute Gasteiger partial charge is 0.394 e. The lowest BCUT2D eigenvalue weighted by Gasteiger charge is -2.19. The molecule has 1 aromatic rings. The van der Waals surface area contributed by atoms with Crippen molar-refractivity contribution in [2.45, 2.75) is 19.1 Å². The summed E-state index contributed by atoms with van der Waals surface area (Å²) in [6.07, 6.45) is -0.909. The smallest absolute Gasteiger partial charge is 0.147 e. The zero-order chi connectivity index (χ0) is 11.4. The lowest BCUT2D eigenvalue weighted by molar-refractivity contribution is 0.0838. The Labute approximate surface area is 96.1 Å². The number of halogens is 2. The van der Waals surface area contributed by atoms with Gasteiger partial charge in [-0.25, -0.2) is 4.39 Å². The van der Waals surface area contributed by atoms with Crippen molar-refractivity contribution in [1.29, 1.82) is 0 Å². The second kappa shape index (κ2) is 5.44. The van der Waals surface area contributed by atoms with Crippen LogP contribution < -0.4 is 5.32 Å². The van der Waals surface area contributed by atoms with E-state index in [9.17, 15) is 9.50 Å². The Balaban J connectivity index is 2.72. The molecule has 1 rings (SSSR count). The summed E-state index contributed by atoms with van der Waals surface area (Å²) in [5, 5.41) is 20.8. The number of rotatable bonds is 4. The topological polar surface area (TPSA) is 52.5 Å². The number of hydrogen-bond acceptors (Lipinski definition) is 3. The molecule has 0 aliphatic carbocycles. The Hall–Kier alpha value is -0.650. The minimum absolute atomic E-state index is 0.304. The predicted molar refractivity (Wildman–Crippen MR) is 60.3 cm³/mol. The zero-order valence-corrected chi connectivity index (χ0v) is 9.83. The molecular weight excluding hydrogens is 265 g/mol. The van der Waals surface area contributed by atoms with E-state index in [1.165, 1.54) is 6.07 Å². The summed E-state index contributed by atoms with van der Waals surface area (Å²) >= 11 is 3.15. The van der Waals surface area contributed by atoms with Crippen LogP contribution in [-0.4, -0.2) is 29.0 Å². The van der Waals surface area contributed by atoms with Crippen LogP contribution in [0.3, 0.4) is 0 Å². The van der Waals surface area contributed by atoms with Gasteiger partial charge in [-0.2, -0.15) is 0 Å². The van der Waals surface area contributed by atoms with E-state index in [-0.39, 0.29) is 6.61 Å². The Kier molecular flexibility index (Phi) is 4.50. The van der Waals surface area contributed by atoms with Gasteiger partial charge in [0.1, 0.15) is 5.82 Å². The second-order valence-electron chi connectivity index (χ2n) is 3.31. The highest BCUT2D eigenvalue weighted by Crippen LogP contribution is 2.20. The summed E-state index contributed by atoms with van der Waals surface area (Å²) in [6, 6.07) is 4.19. The Morgan fingerprint density at radius 2 is 2.20 bits per heavy atom. The second-order valence-corrected chi connectivity index (χ2v) is 4.22. The van der Waals surface area contributed by atoms with Gasteiger partial charge in [0.25, 0.3) is 0 Å². The van der Waals surface area contributed by atoms with Crippen molar-refractivity contribution in [3.05, 3.63) is 28.5 Å². The number of benzene rings is 1. The molecule has 0 aliphatic rings. The maximum Gasteiger partial charge on any atom is 0.147 e. The Morgan fingerprint density at radius 1 is 1.53 bits per heavy atom. The van der Waals surface area contributed by atoms with Crippen LogP contribution in [0.25, 0.3) is 0 Å². The molecule has 0 amide bonds. The van der Waals surface area contributed by atoms with E-state index in [4.69, 9.17) is 5.11 Å². The number of nitrogens with one attached hydrogen (secondary N) is 1. The third kappa shape index (κ3) is 3.44. The Morgan fingerprint density at radius 3 is 2.73 bits per heavy atom. The van der Waals surface area contributed by atoms with Gasteiger partial charge in [-0.05, 0) is 25.1 Å². The van der Waals surface area contributed by atoms with Crippen molar-refractivity contribution in [2.75, 3.05) is 11.9 Å². The van der Waals surface area contributed by atoms with E-state index in [2.05, 4.69) is 21.2 Å². The monoisotopic (exact) mass is 277 g/mol. The van der Waals surface area contributed by atoms with E-state index in [1.807, 2.05) is 0 Å². The summed E-state index contributed by atoms with van der Waals surface area (Å²) in [5.74, 6) is -0.402. The first-order chi connectivity index (χ1) is 7.04.